The Morgan fingerprint density at radius 1 is 1.38 bits per heavy atom. The van der Waals surface area contributed by atoms with Gasteiger partial charge in [0.15, 0.2) is 6.29 Å². The first-order valence-electron chi connectivity index (χ1n) is 5.01. The molecule has 1 aromatic heterocycles. The molecule has 0 spiro atoms. The quantitative estimate of drug-likeness (QED) is 0.799. The van der Waals surface area contributed by atoms with E-state index in [-0.39, 0.29) is 5.82 Å². The van der Waals surface area contributed by atoms with E-state index in [9.17, 15) is 9.18 Å². The molecule has 0 aliphatic carbocycles. The van der Waals surface area contributed by atoms with Crippen LogP contribution in [-0.4, -0.2) is 16.3 Å². The van der Waals surface area contributed by atoms with E-state index in [0.717, 1.165) is 17.5 Å². The van der Waals surface area contributed by atoms with Gasteiger partial charge in [-0.25, -0.2) is 9.37 Å². The van der Waals surface area contributed by atoms with Crippen LogP contribution in [0.25, 0.3) is 0 Å². The number of rotatable bonds is 4. The number of aromatic amines is 1. The number of H-pyrrole nitrogens is 1. The number of aldehydes is 1. The molecule has 0 saturated carbocycles. The number of imidazole rings is 1. The smallest absolute Gasteiger partial charge is 0.170 e. The van der Waals surface area contributed by atoms with E-state index < -0.39 is 0 Å². The Kier molecular flexibility index (Phi) is 3.10. The third-order valence-corrected chi connectivity index (χ3v) is 2.42. The molecule has 0 aliphatic heterocycles. The normalized spacial score (nSPS) is 10.3. The lowest BCUT2D eigenvalue weighted by atomic mass is 10.1. The van der Waals surface area contributed by atoms with Crippen LogP contribution in [0, 0.1) is 5.82 Å². The summed E-state index contributed by atoms with van der Waals surface area (Å²) in [7, 11) is 0. The van der Waals surface area contributed by atoms with E-state index >= 15 is 0 Å². The molecule has 0 bridgehead atoms. The molecule has 0 atom stereocenters. The van der Waals surface area contributed by atoms with Crippen molar-refractivity contribution in [2.45, 2.75) is 12.8 Å². The van der Waals surface area contributed by atoms with Crippen molar-refractivity contribution in [1.29, 1.82) is 0 Å². The van der Waals surface area contributed by atoms with Crippen molar-refractivity contribution in [2.75, 3.05) is 0 Å². The van der Waals surface area contributed by atoms with Crippen molar-refractivity contribution in [3.8, 4) is 0 Å². The molecule has 16 heavy (non-hydrogen) atoms. The maximum Gasteiger partial charge on any atom is 0.170 e. The minimum absolute atomic E-state index is 0.238. The molecule has 1 heterocycles. The molecule has 1 N–H and O–H groups in total. The summed E-state index contributed by atoms with van der Waals surface area (Å²) < 4.78 is 12.9. The Hall–Kier alpha value is -1.97. The van der Waals surface area contributed by atoms with Gasteiger partial charge in [-0.05, 0) is 30.5 Å². The molecule has 1 aromatic carbocycles. The molecule has 2 aromatic rings. The molecule has 0 aliphatic rings. The number of hydrogen-bond donors (Lipinski definition) is 1. The molecule has 0 radical (unpaired) electrons. The van der Waals surface area contributed by atoms with Crippen LogP contribution in [0.2, 0.25) is 0 Å². The fraction of sp³-hybridized carbons (Fsp3) is 0.167. The van der Waals surface area contributed by atoms with Gasteiger partial charge in [-0.15, -0.1) is 0 Å². The summed E-state index contributed by atoms with van der Waals surface area (Å²) in [6.45, 7) is 0. The fourth-order valence-corrected chi connectivity index (χ4v) is 1.60. The van der Waals surface area contributed by atoms with E-state index in [2.05, 4.69) is 9.97 Å². The van der Waals surface area contributed by atoms with Gasteiger partial charge in [-0.1, -0.05) is 12.1 Å². The summed E-state index contributed by atoms with van der Waals surface area (Å²) in [6, 6.07) is 6.45. The predicted octanol–water partition coefficient (Wildman–Crippen LogP) is 2.15. The first-order valence-corrected chi connectivity index (χ1v) is 5.01. The monoisotopic (exact) mass is 218 g/mol. The second-order valence-electron chi connectivity index (χ2n) is 3.51. The number of nitrogens with zero attached hydrogens (tertiary/aromatic N) is 1. The molecule has 82 valence electrons. The van der Waals surface area contributed by atoms with Gasteiger partial charge in [0.2, 0.25) is 0 Å². The number of halogens is 1. The van der Waals surface area contributed by atoms with Gasteiger partial charge in [0, 0.05) is 5.69 Å². The maximum absolute atomic E-state index is 12.9. The van der Waals surface area contributed by atoms with Crippen LogP contribution in [0.1, 0.15) is 21.7 Å². The number of carbonyl (C=O) groups excluding carboxylic acids is 1. The minimum Gasteiger partial charge on any atom is -0.348 e. The van der Waals surface area contributed by atoms with E-state index in [4.69, 9.17) is 0 Å². The molecule has 4 heteroatoms. The average Bonchev–Trinajstić information content (AvgIpc) is 2.74. The molecule has 0 fully saturated rings. The lowest BCUT2D eigenvalue weighted by molar-refractivity contribution is 0.111. The summed E-state index contributed by atoms with van der Waals surface area (Å²) in [5.74, 6) is -0.238. The highest BCUT2D eigenvalue weighted by Crippen LogP contribution is 2.09. The first-order chi connectivity index (χ1) is 7.79. The summed E-state index contributed by atoms with van der Waals surface area (Å²) in [5.41, 5.74) is 2.13. The number of aromatic nitrogens is 2. The Bertz CT molecular complexity index is 493. The number of nitrogens with one attached hydrogen (secondary N) is 1. The molecule has 0 unspecified atom stereocenters. The number of aryl methyl sites for hydroxylation is 2. The number of carbonyl (C=O) groups is 1. The van der Waals surface area contributed by atoms with Gasteiger partial charge >= 0.3 is 0 Å². The summed E-state index contributed by atoms with van der Waals surface area (Å²) in [5, 5.41) is 0. The number of hydrogen-bond acceptors (Lipinski definition) is 2. The van der Waals surface area contributed by atoms with E-state index in [0.29, 0.717) is 18.5 Å². The highest BCUT2D eigenvalue weighted by molar-refractivity contribution is 5.73. The van der Waals surface area contributed by atoms with Gasteiger partial charge < -0.3 is 4.98 Å². The number of benzene rings is 1. The summed E-state index contributed by atoms with van der Waals surface area (Å²) in [4.78, 5) is 17.4. The molecule has 0 amide bonds. The van der Waals surface area contributed by atoms with Gasteiger partial charge in [0.25, 0.3) is 0 Å². The summed E-state index contributed by atoms with van der Waals surface area (Å²) >= 11 is 0. The van der Waals surface area contributed by atoms with Crippen molar-refractivity contribution in [3.63, 3.8) is 0 Å². The van der Waals surface area contributed by atoms with Crippen LogP contribution in [0.5, 0.6) is 0 Å². The Labute approximate surface area is 92.3 Å². The SMILES string of the molecule is O=Cc1nc[nH]c1CCc1cccc(F)c1. The summed E-state index contributed by atoms with van der Waals surface area (Å²) in [6.07, 6.45) is 3.54. The maximum atomic E-state index is 12.9. The molecular weight excluding hydrogens is 207 g/mol. The van der Waals surface area contributed by atoms with Gasteiger partial charge in [-0.3, -0.25) is 4.79 Å². The van der Waals surface area contributed by atoms with Crippen LogP contribution >= 0.6 is 0 Å². The molecule has 0 saturated heterocycles. The molecule has 3 nitrogen and oxygen atoms in total. The zero-order chi connectivity index (χ0) is 11.4. The van der Waals surface area contributed by atoms with Crippen LogP contribution in [0.3, 0.4) is 0 Å². The molecule has 2 rings (SSSR count). The predicted molar refractivity (Wildman–Crippen MR) is 57.8 cm³/mol. The Balaban J connectivity index is 2.05. The minimum atomic E-state index is -0.238. The van der Waals surface area contributed by atoms with Crippen molar-refractivity contribution in [3.05, 3.63) is 53.4 Å². The van der Waals surface area contributed by atoms with E-state index in [1.54, 1.807) is 6.07 Å². The lowest BCUT2D eigenvalue weighted by Crippen LogP contribution is -1.96. The lowest BCUT2D eigenvalue weighted by Gasteiger charge is -2.00. The largest absolute Gasteiger partial charge is 0.348 e. The van der Waals surface area contributed by atoms with Gasteiger partial charge in [0.05, 0.1) is 6.33 Å². The first kappa shape index (κ1) is 10.5. The van der Waals surface area contributed by atoms with E-state index in [1.807, 2.05) is 6.07 Å². The average molecular weight is 218 g/mol. The van der Waals surface area contributed by atoms with Crippen LogP contribution in [-0.2, 0) is 12.8 Å². The van der Waals surface area contributed by atoms with Crippen molar-refractivity contribution >= 4 is 6.29 Å². The van der Waals surface area contributed by atoms with Gasteiger partial charge in [-0.2, -0.15) is 0 Å². The van der Waals surface area contributed by atoms with Gasteiger partial charge in [0.1, 0.15) is 11.5 Å². The standard InChI is InChI=1S/C12H11FN2O/c13-10-3-1-2-9(6-10)4-5-11-12(7-16)15-8-14-11/h1-3,6-8H,4-5H2,(H,14,15). The topological polar surface area (TPSA) is 45.8 Å². The highest BCUT2D eigenvalue weighted by Gasteiger charge is 2.04. The second kappa shape index (κ2) is 4.70. The van der Waals surface area contributed by atoms with E-state index in [1.165, 1.54) is 18.5 Å². The second-order valence-corrected chi connectivity index (χ2v) is 3.51. The third-order valence-electron chi connectivity index (χ3n) is 2.42. The molecular formula is C12H11FN2O. The Morgan fingerprint density at radius 3 is 3.00 bits per heavy atom. The van der Waals surface area contributed by atoms with Crippen LogP contribution in [0.15, 0.2) is 30.6 Å². The van der Waals surface area contributed by atoms with Crippen molar-refractivity contribution in [1.82, 2.24) is 9.97 Å². The van der Waals surface area contributed by atoms with Crippen LogP contribution in [0.4, 0.5) is 4.39 Å². The Morgan fingerprint density at radius 2 is 2.25 bits per heavy atom. The van der Waals surface area contributed by atoms with Crippen molar-refractivity contribution < 1.29 is 9.18 Å². The highest BCUT2D eigenvalue weighted by atomic mass is 19.1. The van der Waals surface area contributed by atoms with Crippen molar-refractivity contribution in [2.24, 2.45) is 0 Å². The van der Waals surface area contributed by atoms with Crippen LogP contribution < -0.4 is 0 Å². The third kappa shape index (κ3) is 2.34. The fourth-order valence-electron chi connectivity index (χ4n) is 1.60. The zero-order valence-electron chi connectivity index (χ0n) is 8.61. The zero-order valence-corrected chi connectivity index (χ0v) is 8.61.